The van der Waals surface area contributed by atoms with Crippen molar-refractivity contribution in [3.05, 3.63) is 58.3 Å². The second-order valence-electron chi connectivity index (χ2n) is 5.04. The summed E-state index contributed by atoms with van der Waals surface area (Å²) in [6.07, 6.45) is 0.654. The van der Waals surface area contributed by atoms with Crippen LogP contribution in [0.15, 0.2) is 47.2 Å². The Labute approximate surface area is 135 Å². The first-order valence-corrected chi connectivity index (χ1v) is 9.42. The highest BCUT2D eigenvalue weighted by molar-refractivity contribution is 7.87. The second-order valence-corrected chi connectivity index (χ2v) is 7.41. The highest BCUT2D eigenvalue weighted by atomic mass is 32.2. The Morgan fingerprint density at radius 3 is 2.50 bits per heavy atom. The number of hydrogen-bond acceptors (Lipinski definition) is 4. The zero-order chi connectivity index (χ0) is 15.8. The number of thiophene rings is 1. The Bertz CT molecular complexity index is 643. The monoisotopic (exact) mass is 340 g/mol. The van der Waals surface area contributed by atoms with Crippen LogP contribution in [-0.4, -0.2) is 26.7 Å². The van der Waals surface area contributed by atoms with Crippen LogP contribution in [0.5, 0.6) is 0 Å². The van der Waals surface area contributed by atoms with Gasteiger partial charge in [-0.1, -0.05) is 30.3 Å². The smallest absolute Gasteiger partial charge is 0.277 e. The Balaban J connectivity index is 1.80. The Kier molecular flexibility index (Phi) is 6.53. The van der Waals surface area contributed by atoms with Crippen LogP contribution in [-0.2, 0) is 23.2 Å². The van der Waals surface area contributed by atoms with Crippen LogP contribution in [0, 0.1) is 5.92 Å². The SMILES string of the molecule is O=S(=O)(NCc1ccccc1)NC[C@@H](CO)Cc1ccsc1. The first-order chi connectivity index (χ1) is 10.6. The molecule has 0 radical (unpaired) electrons. The van der Waals surface area contributed by atoms with Gasteiger partial charge in [-0.25, -0.2) is 4.72 Å². The third-order valence-corrected chi connectivity index (χ3v) is 5.04. The normalized spacial score (nSPS) is 13.1. The summed E-state index contributed by atoms with van der Waals surface area (Å²) in [4.78, 5) is 0. The van der Waals surface area contributed by atoms with Gasteiger partial charge >= 0.3 is 0 Å². The molecular formula is C15H20N2O3S2. The van der Waals surface area contributed by atoms with Crippen LogP contribution in [0.1, 0.15) is 11.1 Å². The lowest BCUT2D eigenvalue weighted by Crippen LogP contribution is -2.39. The van der Waals surface area contributed by atoms with Crippen molar-refractivity contribution in [3.63, 3.8) is 0 Å². The van der Waals surface area contributed by atoms with Crippen molar-refractivity contribution < 1.29 is 13.5 Å². The lowest BCUT2D eigenvalue weighted by molar-refractivity contribution is 0.227. The quantitative estimate of drug-likeness (QED) is 0.648. The van der Waals surface area contributed by atoms with E-state index in [0.29, 0.717) is 6.42 Å². The summed E-state index contributed by atoms with van der Waals surface area (Å²) in [5, 5.41) is 13.4. The van der Waals surface area contributed by atoms with E-state index in [1.54, 1.807) is 11.3 Å². The molecule has 1 atom stereocenters. The van der Waals surface area contributed by atoms with Gasteiger partial charge in [-0.05, 0) is 40.3 Å². The van der Waals surface area contributed by atoms with Crippen LogP contribution in [0.3, 0.4) is 0 Å². The first-order valence-electron chi connectivity index (χ1n) is 6.99. The topological polar surface area (TPSA) is 78.4 Å². The molecule has 22 heavy (non-hydrogen) atoms. The van der Waals surface area contributed by atoms with Gasteiger partial charge in [0.05, 0.1) is 0 Å². The fraction of sp³-hybridized carbons (Fsp3) is 0.333. The lowest BCUT2D eigenvalue weighted by Gasteiger charge is -2.15. The summed E-state index contributed by atoms with van der Waals surface area (Å²) < 4.78 is 28.8. The van der Waals surface area contributed by atoms with Gasteiger partial charge in [-0.2, -0.15) is 24.5 Å². The molecule has 5 nitrogen and oxygen atoms in total. The van der Waals surface area contributed by atoms with E-state index in [0.717, 1.165) is 11.1 Å². The van der Waals surface area contributed by atoms with Crippen LogP contribution >= 0.6 is 11.3 Å². The zero-order valence-electron chi connectivity index (χ0n) is 12.1. The van der Waals surface area contributed by atoms with E-state index >= 15 is 0 Å². The van der Waals surface area contributed by atoms with Crippen molar-refractivity contribution in [2.45, 2.75) is 13.0 Å². The molecule has 0 fully saturated rings. The van der Waals surface area contributed by atoms with E-state index in [2.05, 4.69) is 9.44 Å². The van der Waals surface area contributed by atoms with Gasteiger partial charge < -0.3 is 5.11 Å². The van der Waals surface area contributed by atoms with Gasteiger partial charge in [0.1, 0.15) is 0 Å². The maximum absolute atomic E-state index is 11.9. The summed E-state index contributed by atoms with van der Waals surface area (Å²) in [7, 11) is -3.57. The molecule has 3 N–H and O–H groups in total. The van der Waals surface area contributed by atoms with Crippen LogP contribution in [0.4, 0.5) is 0 Å². The molecule has 2 rings (SSSR count). The molecule has 0 aliphatic rings. The molecule has 7 heteroatoms. The minimum absolute atomic E-state index is 0.0585. The van der Waals surface area contributed by atoms with Gasteiger partial charge in [0.15, 0.2) is 0 Å². The molecule has 0 amide bonds. The summed E-state index contributed by atoms with van der Waals surface area (Å²) in [5.74, 6) is -0.136. The molecule has 0 saturated carbocycles. The maximum atomic E-state index is 11.9. The average molecular weight is 340 g/mol. The van der Waals surface area contributed by atoms with E-state index in [1.807, 2.05) is 47.2 Å². The zero-order valence-corrected chi connectivity index (χ0v) is 13.7. The predicted octanol–water partition coefficient (Wildman–Crippen LogP) is 1.52. The molecule has 0 aliphatic carbocycles. The standard InChI is InChI=1S/C15H20N2O3S2/c18-11-15(8-14-6-7-21-12-14)10-17-22(19,20)16-9-13-4-2-1-3-5-13/h1-7,12,15-18H,8-11H2/t15-/m0/s1. The average Bonchev–Trinajstić information content (AvgIpc) is 3.03. The van der Waals surface area contributed by atoms with E-state index in [4.69, 9.17) is 0 Å². The van der Waals surface area contributed by atoms with E-state index < -0.39 is 10.2 Å². The van der Waals surface area contributed by atoms with Gasteiger partial charge in [-0.15, -0.1) is 0 Å². The Morgan fingerprint density at radius 1 is 1.09 bits per heavy atom. The molecule has 0 aliphatic heterocycles. The maximum Gasteiger partial charge on any atom is 0.277 e. The van der Waals surface area contributed by atoms with E-state index in [-0.39, 0.29) is 25.6 Å². The minimum atomic E-state index is -3.57. The Morgan fingerprint density at radius 2 is 1.86 bits per heavy atom. The molecule has 0 saturated heterocycles. The highest BCUT2D eigenvalue weighted by Gasteiger charge is 2.14. The van der Waals surface area contributed by atoms with Gasteiger partial charge in [0, 0.05) is 19.7 Å². The molecule has 1 aromatic heterocycles. The van der Waals surface area contributed by atoms with E-state index in [9.17, 15) is 13.5 Å². The lowest BCUT2D eigenvalue weighted by atomic mass is 10.0. The number of hydrogen-bond donors (Lipinski definition) is 3. The number of aliphatic hydroxyl groups excluding tert-OH is 1. The highest BCUT2D eigenvalue weighted by Crippen LogP contribution is 2.12. The summed E-state index contributed by atoms with van der Waals surface area (Å²) in [6.45, 7) is 0.387. The molecule has 0 bridgehead atoms. The minimum Gasteiger partial charge on any atom is -0.396 e. The first kappa shape index (κ1) is 17.1. The van der Waals surface area contributed by atoms with Crippen molar-refractivity contribution in [2.75, 3.05) is 13.2 Å². The molecule has 1 aromatic carbocycles. The third-order valence-electron chi connectivity index (χ3n) is 3.23. The van der Waals surface area contributed by atoms with Crippen molar-refractivity contribution in [3.8, 4) is 0 Å². The molecular weight excluding hydrogens is 320 g/mol. The van der Waals surface area contributed by atoms with Gasteiger partial charge in [-0.3, -0.25) is 0 Å². The molecule has 0 spiro atoms. The summed E-state index contributed by atoms with van der Waals surface area (Å²) in [5.41, 5.74) is 2.00. The largest absolute Gasteiger partial charge is 0.396 e. The number of nitrogens with one attached hydrogen (secondary N) is 2. The molecule has 2 aromatic rings. The fourth-order valence-electron chi connectivity index (χ4n) is 2.00. The summed E-state index contributed by atoms with van der Waals surface area (Å²) >= 11 is 1.59. The Hall–Kier alpha value is -1.25. The van der Waals surface area contributed by atoms with Crippen LogP contribution < -0.4 is 9.44 Å². The fourth-order valence-corrected chi connectivity index (χ4v) is 3.59. The molecule has 0 unspecified atom stereocenters. The molecule has 1 heterocycles. The van der Waals surface area contributed by atoms with Crippen LogP contribution in [0.25, 0.3) is 0 Å². The summed E-state index contributed by atoms with van der Waals surface area (Å²) in [6, 6.07) is 11.3. The van der Waals surface area contributed by atoms with Crippen molar-refractivity contribution >= 4 is 21.5 Å². The number of benzene rings is 1. The van der Waals surface area contributed by atoms with Crippen molar-refractivity contribution in [2.24, 2.45) is 5.92 Å². The second kappa shape index (κ2) is 8.40. The molecule has 120 valence electrons. The van der Waals surface area contributed by atoms with Crippen LogP contribution in [0.2, 0.25) is 0 Å². The van der Waals surface area contributed by atoms with Crippen molar-refractivity contribution in [1.82, 2.24) is 9.44 Å². The third kappa shape index (κ3) is 5.86. The predicted molar refractivity (Wildman–Crippen MR) is 88.8 cm³/mol. The number of aliphatic hydroxyl groups is 1. The van der Waals surface area contributed by atoms with Gasteiger partial charge in [0.25, 0.3) is 10.2 Å². The van der Waals surface area contributed by atoms with E-state index in [1.165, 1.54) is 0 Å². The van der Waals surface area contributed by atoms with Crippen molar-refractivity contribution in [1.29, 1.82) is 0 Å². The van der Waals surface area contributed by atoms with Gasteiger partial charge in [0.2, 0.25) is 0 Å². The number of rotatable bonds is 9.